The second kappa shape index (κ2) is 7.07. The summed E-state index contributed by atoms with van der Waals surface area (Å²) in [6.07, 6.45) is 8.83. The molecule has 0 unspecified atom stereocenters. The Hall–Kier alpha value is -1.66. The lowest BCUT2D eigenvalue weighted by Gasteiger charge is -2.41. The summed E-state index contributed by atoms with van der Waals surface area (Å²) in [5.41, 5.74) is 1.87. The molecular formula is C18H27N5O. The molecule has 1 saturated heterocycles. The van der Waals surface area contributed by atoms with Crippen LogP contribution in [-0.4, -0.2) is 58.8 Å². The summed E-state index contributed by atoms with van der Waals surface area (Å²) in [5.74, 6) is 1.14. The second-order valence-corrected chi connectivity index (χ2v) is 6.95. The van der Waals surface area contributed by atoms with Gasteiger partial charge in [0.2, 0.25) is 0 Å². The van der Waals surface area contributed by atoms with Crippen LogP contribution < -0.4 is 4.90 Å². The fourth-order valence-corrected chi connectivity index (χ4v) is 4.16. The van der Waals surface area contributed by atoms with E-state index in [1.54, 1.807) is 7.11 Å². The van der Waals surface area contributed by atoms with E-state index in [0.29, 0.717) is 6.61 Å². The van der Waals surface area contributed by atoms with Crippen LogP contribution in [0, 0.1) is 0 Å². The zero-order chi connectivity index (χ0) is 16.4. The van der Waals surface area contributed by atoms with Gasteiger partial charge in [-0.1, -0.05) is 19.3 Å². The van der Waals surface area contributed by atoms with Gasteiger partial charge in [0, 0.05) is 51.5 Å². The Morgan fingerprint density at radius 3 is 2.67 bits per heavy atom. The van der Waals surface area contributed by atoms with E-state index in [2.05, 4.69) is 25.9 Å². The van der Waals surface area contributed by atoms with Gasteiger partial charge in [0.25, 0.3) is 0 Å². The Bertz CT molecular complexity index is 671. The first-order valence-corrected chi connectivity index (χ1v) is 9.17. The topological polar surface area (TPSA) is 45.9 Å². The van der Waals surface area contributed by atoms with Gasteiger partial charge in [0.05, 0.1) is 18.5 Å². The molecule has 6 nitrogen and oxygen atoms in total. The van der Waals surface area contributed by atoms with Crippen molar-refractivity contribution in [3.05, 3.63) is 24.0 Å². The summed E-state index contributed by atoms with van der Waals surface area (Å²) in [6.45, 7) is 4.95. The Morgan fingerprint density at radius 1 is 1.12 bits per heavy atom. The third kappa shape index (κ3) is 3.13. The van der Waals surface area contributed by atoms with E-state index in [4.69, 9.17) is 4.74 Å². The molecule has 4 rings (SSSR count). The van der Waals surface area contributed by atoms with Gasteiger partial charge >= 0.3 is 0 Å². The molecule has 0 amide bonds. The number of ether oxygens (including phenoxy) is 1. The number of piperazine rings is 1. The third-order valence-corrected chi connectivity index (χ3v) is 5.42. The van der Waals surface area contributed by atoms with Crippen molar-refractivity contribution in [3.63, 3.8) is 0 Å². The predicted octanol–water partition coefficient (Wildman–Crippen LogP) is 2.33. The first-order valence-electron chi connectivity index (χ1n) is 9.17. The average molecular weight is 329 g/mol. The molecule has 130 valence electrons. The molecule has 0 spiro atoms. The highest BCUT2D eigenvalue weighted by molar-refractivity contribution is 5.51. The minimum absolute atomic E-state index is 0.538. The maximum atomic E-state index is 5.27. The molecule has 0 radical (unpaired) electrons. The van der Waals surface area contributed by atoms with Crippen LogP contribution in [0.25, 0.3) is 5.65 Å². The number of fused-ring (bicyclic) bond motifs is 1. The molecule has 1 aliphatic carbocycles. The number of anilines is 1. The van der Waals surface area contributed by atoms with Crippen LogP contribution in [0.1, 0.15) is 37.8 Å². The maximum Gasteiger partial charge on any atom is 0.157 e. The van der Waals surface area contributed by atoms with Crippen LogP contribution in [0.15, 0.2) is 18.3 Å². The Balaban J connectivity index is 1.50. The molecule has 2 aromatic heterocycles. The molecule has 6 heteroatoms. The zero-order valence-electron chi connectivity index (χ0n) is 14.5. The highest BCUT2D eigenvalue weighted by atomic mass is 16.5. The normalized spacial score (nSPS) is 20.8. The lowest BCUT2D eigenvalue weighted by molar-refractivity contribution is 0.147. The molecule has 0 N–H and O–H groups in total. The summed E-state index contributed by atoms with van der Waals surface area (Å²) in [6, 6.07) is 4.90. The lowest BCUT2D eigenvalue weighted by Crippen LogP contribution is -2.51. The number of hydrogen-bond donors (Lipinski definition) is 0. The molecule has 0 aromatic carbocycles. The van der Waals surface area contributed by atoms with Gasteiger partial charge in [-0.05, 0) is 12.8 Å². The SMILES string of the molecule is COCc1cc(N2CCN(C3CCCCC3)CC2)n2nccc2n1. The highest BCUT2D eigenvalue weighted by Gasteiger charge is 2.26. The molecule has 24 heavy (non-hydrogen) atoms. The molecule has 0 atom stereocenters. The highest BCUT2D eigenvalue weighted by Crippen LogP contribution is 2.25. The minimum atomic E-state index is 0.538. The summed E-state index contributed by atoms with van der Waals surface area (Å²) in [7, 11) is 1.71. The van der Waals surface area contributed by atoms with Crippen molar-refractivity contribution < 1.29 is 4.74 Å². The second-order valence-electron chi connectivity index (χ2n) is 6.95. The van der Waals surface area contributed by atoms with Gasteiger partial charge in [-0.25, -0.2) is 4.98 Å². The maximum absolute atomic E-state index is 5.27. The fraction of sp³-hybridized carbons (Fsp3) is 0.667. The van der Waals surface area contributed by atoms with Crippen molar-refractivity contribution in [1.29, 1.82) is 0 Å². The van der Waals surface area contributed by atoms with Crippen LogP contribution >= 0.6 is 0 Å². The molecule has 2 aliphatic rings. The summed E-state index contributed by atoms with van der Waals surface area (Å²) < 4.78 is 7.23. The molecule has 0 bridgehead atoms. The first-order chi connectivity index (χ1) is 11.8. The molecule has 2 aromatic rings. The van der Waals surface area contributed by atoms with Crippen LogP contribution in [-0.2, 0) is 11.3 Å². The smallest absolute Gasteiger partial charge is 0.157 e. The van der Waals surface area contributed by atoms with Gasteiger partial charge in [-0.15, -0.1) is 0 Å². The van der Waals surface area contributed by atoms with Gasteiger partial charge in [0.15, 0.2) is 5.65 Å². The van der Waals surface area contributed by atoms with Gasteiger partial charge in [-0.3, -0.25) is 4.90 Å². The largest absolute Gasteiger partial charge is 0.378 e. The Labute approximate surface area is 143 Å². The fourth-order valence-electron chi connectivity index (χ4n) is 4.16. The van der Waals surface area contributed by atoms with Crippen molar-refractivity contribution in [3.8, 4) is 0 Å². The monoisotopic (exact) mass is 329 g/mol. The number of aromatic nitrogens is 3. The molecule has 1 saturated carbocycles. The lowest BCUT2D eigenvalue weighted by atomic mass is 9.94. The van der Waals surface area contributed by atoms with E-state index < -0.39 is 0 Å². The van der Waals surface area contributed by atoms with Gasteiger partial charge in [0.1, 0.15) is 5.82 Å². The van der Waals surface area contributed by atoms with E-state index >= 15 is 0 Å². The van der Waals surface area contributed by atoms with Crippen molar-refractivity contribution in [2.24, 2.45) is 0 Å². The Kier molecular flexibility index (Phi) is 4.67. The minimum Gasteiger partial charge on any atom is -0.378 e. The van der Waals surface area contributed by atoms with Crippen molar-refractivity contribution >= 4 is 11.5 Å². The summed E-state index contributed by atoms with van der Waals surface area (Å²) in [5, 5.41) is 4.46. The molecule has 1 aliphatic heterocycles. The quantitative estimate of drug-likeness (QED) is 0.861. The third-order valence-electron chi connectivity index (χ3n) is 5.42. The van der Waals surface area contributed by atoms with Gasteiger partial charge < -0.3 is 9.64 Å². The van der Waals surface area contributed by atoms with Crippen LogP contribution in [0.2, 0.25) is 0 Å². The molecular weight excluding hydrogens is 302 g/mol. The number of nitrogens with zero attached hydrogens (tertiary/aromatic N) is 5. The predicted molar refractivity (Wildman–Crippen MR) is 94.4 cm³/mol. The van der Waals surface area contributed by atoms with Crippen LogP contribution in [0.4, 0.5) is 5.82 Å². The van der Waals surface area contributed by atoms with Crippen molar-refractivity contribution in [2.75, 3.05) is 38.2 Å². The average Bonchev–Trinajstić information content (AvgIpc) is 3.11. The molecule has 2 fully saturated rings. The standard InChI is InChI=1S/C18H27N5O/c1-24-14-15-13-18(23-17(20-15)7-8-19-23)22-11-9-21(10-12-22)16-5-3-2-4-6-16/h7-8,13,16H,2-6,9-12,14H2,1H3. The van der Waals surface area contributed by atoms with Crippen molar-refractivity contribution in [2.45, 2.75) is 44.8 Å². The van der Waals surface area contributed by atoms with E-state index in [0.717, 1.165) is 49.4 Å². The number of hydrogen-bond acceptors (Lipinski definition) is 5. The van der Waals surface area contributed by atoms with E-state index in [-0.39, 0.29) is 0 Å². The number of methoxy groups -OCH3 is 1. The zero-order valence-corrected chi connectivity index (χ0v) is 14.5. The van der Waals surface area contributed by atoms with Crippen LogP contribution in [0.3, 0.4) is 0 Å². The van der Waals surface area contributed by atoms with E-state index in [1.807, 2.05) is 16.8 Å². The number of rotatable bonds is 4. The van der Waals surface area contributed by atoms with Gasteiger partial charge in [-0.2, -0.15) is 9.61 Å². The molecule has 3 heterocycles. The van der Waals surface area contributed by atoms with E-state index in [9.17, 15) is 0 Å². The van der Waals surface area contributed by atoms with E-state index in [1.165, 1.54) is 32.1 Å². The summed E-state index contributed by atoms with van der Waals surface area (Å²) in [4.78, 5) is 9.75. The van der Waals surface area contributed by atoms with Crippen molar-refractivity contribution in [1.82, 2.24) is 19.5 Å². The first kappa shape index (κ1) is 15.8. The Morgan fingerprint density at radius 2 is 1.92 bits per heavy atom. The summed E-state index contributed by atoms with van der Waals surface area (Å²) >= 11 is 0. The van der Waals surface area contributed by atoms with Crippen LogP contribution in [0.5, 0.6) is 0 Å².